The summed E-state index contributed by atoms with van der Waals surface area (Å²) in [6, 6.07) is 15.4. The Kier molecular flexibility index (Phi) is 8.76. The summed E-state index contributed by atoms with van der Waals surface area (Å²) in [4.78, 5) is 32.6. The van der Waals surface area contributed by atoms with Crippen molar-refractivity contribution in [3.63, 3.8) is 0 Å². The number of carbonyl (C=O) groups excluding carboxylic acids is 2. The molecular weight excluding hydrogens is 522 g/mol. The van der Waals surface area contributed by atoms with Crippen molar-refractivity contribution in [1.29, 1.82) is 0 Å². The lowest BCUT2D eigenvalue weighted by Gasteiger charge is -2.26. The molecular formula is C30H35N7O4. The van der Waals surface area contributed by atoms with Crippen LogP contribution in [0.25, 0.3) is 5.52 Å². The highest BCUT2D eigenvalue weighted by molar-refractivity contribution is 6.15. The van der Waals surface area contributed by atoms with Crippen LogP contribution in [0.4, 0.5) is 22.0 Å². The molecule has 0 aliphatic carbocycles. The third kappa shape index (κ3) is 6.82. The number of nitrogen functional groups attached to an aromatic ring is 1. The van der Waals surface area contributed by atoms with E-state index in [-0.39, 0.29) is 17.5 Å². The van der Waals surface area contributed by atoms with Crippen LogP contribution in [0.15, 0.2) is 60.9 Å². The lowest BCUT2D eigenvalue weighted by molar-refractivity contribution is 0.0358. The number of nitrogens with zero attached hydrogens (tertiary/aromatic N) is 4. The van der Waals surface area contributed by atoms with Gasteiger partial charge in [-0.2, -0.15) is 5.10 Å². The summed E-state index contributed by atoms with van der Waals surface area (Å²) in [5.41, 5.74) is 9.37. The van der Waals surface area contributed by atoms with Crippen LogP contribution < -0.4 is 21.1 Å². The zero-order chi connectivity index (χ0) is 28.8. The second-order valence-corrected chi connectivity index (χ2v) is 10.2. The Morgan fingerprint density at radius 1 is 1.05 bits per heavy atom. The Hall–Kier alpha value is -4.48. The number of rotatable bonds is 10. The van der Waals surface area contributed by atoms with Crippen molar-refractivity contribution in [2.24, 2.45) is 0 Å². The van der Waals surface area contributed by atoms with E-state index < -0.39 is 6.03 Å². The number of urea groups is 1. The molecule has 1 aliphatic rings. The summed E-state index contributed by atoms with van der Waals surface area (Å²) >= 11 is 0. The quantitative estimate of drug-likeness (QED) is 0.193. The number of hydrogen-bond donors (Lipinski definition) is 3. The van der Waals surface area contributed by atoms with Crippen LogP contribution >= 0.6 is 0 Å². The third-order valence-corrected chi connectivity index (χ3v) is 6.93. The van der Waals surface area contributed by atoms with E-state index in [0.717, 1.165) is 50.7 Å². The minimum Gasteiger partial charge on any atom is -0.494 e. The number of benzene rings is 2. The summed E-state index contributed by atoms with van der Waals surface area (Å²) in [5.74, 6) is 0.860. The molecule has 5 rings (SSSR count). The molecule has 1 saturated heterocycles. The molecule has 0 unspecified atom stereocenters. The lowest BCUT2D eigenvalue weighted by Crippen LogP contribution is -2.37. The van der Waals surface area contributed by atoms with E-state index >= 15 is 0 Å². The van der Waals surface area contributed by atoms with Crippen molar-refractivity contribution in [1.82, 2.24) is 19.5 Å². The number of nitrogens with one attached hydrogen (secondary N) is 2. The first-order valence-corrected chi connectivity index (χ1v) is 13.8. The van der Waals surface area contributed by atoms with Gasteiger partial charge in [0.15, 0.2) is 11.6 Å². The monoisotopic (exact) mass is 557 g/mol. The number of carbonyl (C=O) groups is 2. The average molecular weight is 558 g/mol. The van der Waals surface area contributed by atoms with Gasteiger partial charge in [0.2, 0.25) is 0 Å². The van der Waals surface area contributed by atoms with Crippen molar-refractivity contribution >= 4 is 34.5 Å². The maximum Gasteiger partial charge on any atom is 0.323 e. The normalized spacial score (nSPS) is 13.8. The number of nitrogens with two attached hydrogens (primary N) is 1. The highest BCUT2D eigenvalue weighted by Crippen LogP contribution is 2.27. The van der Waals surface area contributed by atoms with E-state index in [0.29, 0.717) is 34.6 Å². The van der Waals surface area contributed by atoms with Crippen molar-refractivity contribution in [3.05, 3.63) is 77.7 Å². The van der Waals surface area contributed by atoms with Gasteiger partial charge in [-0.05, 0) is 54.8 Å². The molecule has 0 bridgehead atoms. The Morgan fingerprint density at radius 3 is 2.56 bits per heavy atom. The Labute approximate surface area is 238 Å². The summed E-state index contributed by atoms with van der Waals surface area (Å²) in [7, 11) is 0. The van der Waals surface area contributed by atoms with Gasteiger partial charge < -0.3 is 25.8 Å². The summed E-state index contributed by atoms with van der Waals surface area (Å²) in [5, 5.41) is 9.90. The Balaban J connectivity index is 1.17. The summed E-state index contributed by atoms with van der Waals surface area (Å²) in [6.07, 6.45) is 2.31. The van der Waals surface area contributed by atoms with Gasteiger partial charge in [0.1, 0.15) is 17.6 Å². The van der Waals surface area contributed by atoms with Crippen molar-refractivity contribution in [3.8, 4) is 5.75 Å². The Bertz CT molecular complexity index is 1510. The van der Waals surface area contributed by atoms with Gasteiger partial charge in [0.05, 0.1) is 25.4 Å². The standard InChI is InChI=1S/C30H35N7O4/c1-20(2)26-18-25(27-29(31)32-19-33-37(26)27)28(38)21-5-3-6-23(17-21)35-30(39)34-22-7-9-24(10-8-22)41-14-4-11-36-12-15-40-16-13-36/h3,5-10,17-20H,4,11-16H2,1-2H3,(H2,31,32,33)(H2,34,35,39). The molecule has 0 radical (unpaired) electrons. The molecule has 0 atom stereocenters. The Morgan fingerprint density at radius 2 is 1.80 bits per heavy atom. The lowest BCUT2D eigenvalue weighted by atomic mass is 10.0. The average Bonchev–Trinajstić information content (AvgIpc) is 3.38. The van der Waals surface area contributed by atoms with Crippen LogP contribution in [0, 0.1) is 0 Å². The number of amides is 2. The fraction of sp³-hybridized carbons (Fsp3) is 0.333. The number of hydrogen-bond acceptors (Lipinski definition) is 8. The topological polar surface area (TPSA) is 136 Å². The van der Waals surface area contributed by atoms with Gasteiger partial charge in [-0.1, -0.05) is 26.0 Å². The maximum atomic E-state index is 13.5. The van der Waals surface area contributed by atoms with Crippen molar-refractivity contribution in [2.75, 3.05) is 55.8 Å². The summed E-state index contributed by atoms with van der Waals surface area (Å²) < 4.78 is 12.9. The van der Waals surface area contributed by atoms with Crippen LogP contribution in [-0.4, -0.2) is 70.8 Å². The predicted molar refractivity (Wildman–Crippen MR) is 158 cm³/mol. The molecule has 2 aromatic carbocycles. The van der Waals surface area contributed by atoms with Crippen molar-refractivity contribution < 1.29 is 19.1 Å². The minimum atomic E-state index is -0.428. The second kappa shape index (κ2) is 12.8. The molecule has 1 fully saturated rings. The van der Waals surface area contributed by atoms with Gasteiger partial charge in [-0.25, -0.2) is 14.3 Å². The van der Waals surface area contributed by atoms with E-state index in [9.17, 15) is 9.59 Å². The highest BCUT2D eigenvalue weighted by atomic mass is 16.5. The molecule has 3 heterocycles. The largest absolute Gasteiger partial charge is 0.494 e. The molecule has 214 valence electrons. The molecule has 0 saturated carbocycles. The second-order valence-electron chi connectivity index (χ2n) is 10.2. The number of morpholine rings is 1. The van der Waals surface area contributed by atoms with Crippen LogP contribution in [0.1, 0.15) is 47.8 Å². The van der Waals surface area contributed by atoms with Gasteiger partial charge in [-0.15, -0.1) is 0 Å². The molecule has 11 heteroatoms. The van der Waals surface area contributed by atoms with E-state index in [4.69, 9.17) is 15.2 Å². The smallest absolute Gasteiger partial charge is 0.323 e. The molecule has 2 amide bonds. The molecule has 0 spiro atoms. The first-order chi connectivity index (χ1) is 19.9. The predicted octanol–water partition coefficient (Wildman–Crippen LogP) is 4.41. The zero-order valence-corrected chi connectivity index (χ0v) is 23.3. The van der Waals surface area contributed by atoms with Gasteiger partial charge >= 0.3 is 6.03 Å². The number of ketones is 1. The number of aromatic nitrogens is 3. The molecule has 11 nitrogen and oxygen atoms in total. The highest BCUT2D eigenvalue weighted by Gasteiger charge is 2.22. The maximum absolute atomic E-state index is 13.5. The number of anilines is 3. The first-order valence-electron chi connectivity index (χ1n) is 13.8. The molecule has 1 aliphatic heterocycles. The number of ether oxygens (including phenoxy) is 2. The van der Waals surface area contributed by atoms with Crippen LogP contribution in [0.2, 0.25) is 0 Å². The van der Waals surface area contributed by atoms with Gasteiger partial charge in [0.25, 0.3) is 0 Å². The SMILES string of the molecule is CC(C)c1cc(C(=O)c2cccc(NC(=O)Nc3ccc(OCCCN4CCOCC4)cc3)c2)c2c(N)ncnn12. The summed E-state index contributed by atoms with van der Waals surface area (Å²) in [6.45, 7) is 9.17. The van der Waals surface area contributed by atoms with E-state index in [1.54, 1.807) is 47.0 Å². The van der Waals surface area contributed by atoms with Gasteiger partial charge in [0, 0.05) is 42.3 Å². The van der Waals surface area contributed by atoms with E-state index in [1.165, 1.54) is 6.33 Å². The van der Waals surface area contributed by atoms with Crippen LogP contribution in [-0.2, 0) is 4.74 Å². The minimum absolute atomic E-state index is 0.121. The molecule has 4 aromatic rings. The van der Waals surface area contributed by atoms with E-state index in [1.807, 2.05) is 26.0 Å². The molecule has 4 N–H and O–H groups in total. The van der Waals surface area contributed by atoms with Crippen LogP contribution in [0.3, 0.4) is 0 Å². The van der Waals surface area contributed by atoms with E-state index in [2.05, 4.69) is 25.6 Å². The fourth-order valence-corrected chi connectivity index (χ4v) is 4.80. The van der Waals surface area contributed by atoms with Gasteiger partial charge in [-0.3, -0.25) is 9.69 Å². The van der Waals surface area contributed by atoms with Crippen molar-refractivity contribution in [2.45, 2.75) is 26.2 Å². The molecule has 2 aromatic heterocycles. The zero-order valence-electron chi connectivity index (χ0n) is 23.3. The van der Waals surface area contributed by atoms with Crippen LogP contribution in [0.5, 0.6) is 5.75 Å². The third-order valence-electron chi connectivity index (χ3n) is 6.93. The number of fused-ring (bicyclic) bond motifs is 1. The first kappa shape index (κ1) is 28.1. The molecule has 41 heavy (non-hydrogen) atoms. The fourth-order valence-electron chi connectivity index (χ4n) is 4.80.